The summed E-state index contributed by atoms with van der Waals surface area (Å²) < 4.78 is 18.7. The zero-order valence-electron chi connectivity index (χ0n) is 11.1. The van der Waals surface area contributed by atoms with Gasteiger partial charge in [0.2, 0.25) is 0 Å². The van der Waals surface area contributed by atoms with Gasteiger partial charge in [-0.15, -0.1) is 0 Å². The van der Waals surface area contributed by atoms with Gasteiger partial charge in [-0.2, -0.15) is 11.8 Å². The summed E-state index contributed by atoms with van der Waals surface area (Å²) in [5, 5.41) is 3.37. The predicted octanol–water partition coefficient (Wildman–Crippen LogP) is 2.85. The van der Waals surface area contributed by atoms with E-state index < -0.39 is 5.82 Å². The summed E-state index contributed by atoms with van der Waals surface area (Å²) >= 11 is 1.76. The van der Waals surface area contributed by atoms with Crippen LogP contribution in [0.25, 0.3) is 0 Å². The monoisotopic (exact) mass is 283 g/mol. The molecule has 5 heteroatoms. The molecule has 1 aliphatic rings. The van der Waals surface area contributed by atoms with E-state index in [4.69, 9.17) is 4.74 Å². The molecule has 1 aliphatic carbocycles. The lowest BCUT2D eigenvalue weighted by atomic mass is 10.1. The van der Waals surface area contributed by atoms with Crippen molar-refractivity contribution in [1.29, 1.82) is 0 Å². The lowest BCUT2D eigenvalue weighted by Crippen LogP contribution is -2.38. The molecule has 1 saturated carbocycles. The summed E-state index contributed by atoms with van der Waals surface area (Å²) in [6, 6.07) is 4.44. The number of ether oxygens (including phenoxy) is 1. The van der Waals surface area contributed by atoms with Crippen LogP contribution in [0.15, 0.2) is 18.2 Å². The quantitative estimate of drug-likeness (QED) is 0.923. The zero-order valence-corrected chi connectivity index (χ0v) is 11.9. The molecule has 0 heterocycles. The van der Waals surface area contributed by atoms with E-state index >= 15 is 0 Å². The molecule has 104 valence electrons. The topological polar surface area (TPSA) is 38.3 Å². The van der Waals surface area contributed by atoms with Gasteiger partial charge in [0.05, 0.1) is 12.7 Å². The third kappa shape index (κ3) is 3.21. The van der Waals surface area contributed by atoms with E-state index in [-0.39, 0.29) is 17.5 Å². The van der Waals surface area contributed by atoms with Crippen molar-refractivity contribution in [3.8, 4) is 5.75 Å². The molecule has 0 aliphatic heterocycles. The van der Waals surface area contributed by atoms with Gasteiger partial charge in [-0.05, 0) is 31.2 Å². The Balaban J connectivity index is 2.07. The molecule has 0 radical (unpaired) electrons. The van der Waals surface area contributed by atoms with Crippen molar-refractivity contribution >= 4 is 17.7 Å². The molecule has 0 bridgehead atoms. The minimum atomic E-state index is -0.546. The predicted molar refractivity (Wildman–Crippen MR) is 75.4 cm³/mol. The molecular formula is C14H18FNO2S. The molecule has 1 fully saturated rings. The molecule has 0 aromatic heterocycles. The van der Waals surface area contributed by atoms with Crippen LogP contribution in [0.4, 0.5) is 4.39 Å². The number of carbonyl (C=O) groups is 1. The van der Waals surface area contributed by atoms with Crippen molar-refractivity contribution in [2.45, 2.75) is 30.6 Å². The number of nitrogens with one attached hydrogen (secondary N) is 1. The molecule has 1 amide bonds. The number of hydrogen-bond donors (Lipinski definition) is 1. The maximum absolute atomic E-state index is 13.8. The number of rotatable bonds is 4. The molecule has 3 nitrogen and oxygen atoms in total. The first-order valence-corrected chi connectivity index (χ1v) is 7.61. The van der Waals surface area contributed by atoms with Crippen LogP contribution in [-0.2, 0) is 0 Å². The molecule has 1 N–H and O–H groups in total. The van der Waals surface area contributed by atoms with Gasteiger partial charge in [-0.1, -0.05) is 6.42 Å². The highest BCUT2D eigenvalue weighted by atomic mass is 32.2. The van der Waals surface area contributed by atoms with Crippen LogP contribution in [-0.4, -0.2) is 30.6 Å². The van der Waals surface area contributed by atoms with Gasteiger partial charge in [-0.25, -0.2) is 4.39 Å². The fourth-order valence-electron chi connectivity index (χ4n) is 2.43. The zero-order chi connectivity index (χ0) is 13.8. The first-order valence-electron chi connectivity index (χ1n) is 6.33. The largest absolute Gasteiger partial charge is 0.497 e. The average Bonchev–Trinajstić information content (AvgIpc) is 2.85. The van der Waals surface area contributed by atoms with Crippen molar-refractivity contribution in [1.82, 2.24) is 5.32 Å². The molecule has 1 aromatic carbocycles. The summed E-state index contributed by atoms with van der Waals surface area (Å²) in [5.41, 5.74) is 0.0764. The van der Waals surface area contributed by atoms with Gasteiger partial charge >= 0.3 is 0 Å². The third-order valence-electron chi connectivity index (χ3n) is 3.49. The molecule has 2 unspecified atom stereocenters. The average molecular weight is 283 g/mol. The minimum Gasteiger partial charge on any atom is -0.497 e. The summed E-state index contributed by atoms with van der Waals surface area (Å²) in [6.07, 6.45) is 5.23. The van der Waals surface area contributed by atoms with E-state index in [0.29, 0.717) is 11.0 Å². The van der Waals surface area contributed by atoms with Gasteiger partial charge in [0, 0.05) is 17.4 Å². The highest BCUT2D eigenvalue weighted by Crippen LogP contribution is 2.28. The highest BCUT2D eigenvalue weighted by molar-refractivity contribution is 7.99. The normalized spacial score (nSPS) is 22.3. The van der Waals surface area contributed by atoms with Gasteiger partial charge in [0.15, 0.2) is 0 Å². The van der Waals surface area contributed by atoms with E-state index in [1.165, 1.54) is 19.2 Å². The maximum Gasteiger partial charge on any atom is 0.254 e. The minimum absolute atomic E-state index is 0.0764. The fraction of sp³-hybridized carbons (Fsp3) is 0.500. The molecule has 0 saturated heterocycles. The Morgan fingerprint density at radius 1 is 1.47 bits per heavy atom. The SMILES string of the molecule is COc1ccc(C(=O)NC2CCCC2SC)c(F)c1. The van der Waals surface area contributed by atoms with E-state index in [0.717, 1.165) is 19.3 Å². The summed E-state index contributed by atoms with van der Waals surface area (Å²) in [7, 11) is 1.47. The Morgan fingerprint density at radius 2 is 2.26 bits per heavy atom. The summed E-state index contributed by atoms with van der Waals surface area (Å²) in [4.78, 5) is 12.1. The molecular weight excluding hydrogens is 265 g/mol. The molecule has 19 heavy (non-hydrogen) atoms. The fourth-order valence-corrected chi connectivity index (χ4v) is 3.36. The first kappa shape index (κ1) is 14.2. The molecule has 2 rings (SSSR count). The second kappa shape index (κ2) is 6.28. The van der Waals surface area contributed by atoms with Crippen LogP contribution in [0.2, 0.25) is 0 Å². The van der Waals surface area contributed by atoms with Crippen molar-refractivity contribution < 1.29 is 13.9 Å². The van der Waals surface area contributed by atoms with E-state index in [1.54, 1.807) is 17.8 Å². The van der Waals surface area contributed by atoms with Gasteiger partial charge < -0.3 is 10.1 Å². The number of benzene rings is 1. The van der Waals surface area contributed by atoms with Crippen LogP contribution in [0, 0.1) is 5.82 Å². The lowest BCUT2D eigenvalue weighted by molar-refractivity contribution is 0.0934. The van der Waals surface area contributed by atoms with Crippen LogP contribution in [0.1, 0.15) is 29.6 Å². The molecule has 0 spiro atoms. The highest BCUT2D eigenvalue weighted by Gasteiger charge is 2.28. The Kier molecular flexibility index (Phi) is 4.69. The van der Waals surface area contributed by atoms with Gasteiger partial charge in [-0.3, -0.25) is 4.79 Å². The number of amides is 1. The van der Waals surface area contributed by atoms with E-state index in [9.17, 15) is 9.18 Å². The Hall–Kier alpha value is -1.23. The second-order valence-electron chi connectivity index (χ2n) is 4.63. The van der Waals surface area contributed by atoms with Crippen LogP contribution >= 0.6 is 11.8 Å². The van der Waals surface area contributed by atoms with Crippen molar-refractivity contribution in [2.24, 2.45) is 0 Å². The van der Waals surface area contributed by atoms with Crippen LogP contribution in [0.3, 0.4) is 0 Å². The van der Waals surface area contributed by atoms with Crippen molar-refractivity contribution in [2.75, 3.05) is 13.4 Å². The number of carbonyl (C=O) groups excluding carboxylic acids is 1. The Bertz CT molecular complexity index is 467. The van der Waals surface area contributed by atoms with Gasteiger partial charge in [0.25, 0.3) is 5.91 Å². The van der Waals surface area contributed by atoms with Gasteiger partial charge in [0.1, 0.15) is 11.6 Å². The summed E-state index contributed by atoms with van der Waals surface area (Å²) in [6.45, 7) is 0. The Morgan fingerprint density at radius 3 is 2.89 bits per heavy atom. The second-order valence-corrected chi connectivity index (χ2v) is 5.71. The number of methoxy groups -OCH3 is 1. The molecule has 2 atom stereocenters. The molecule has 1 aromatic rings. The lowest BCUT2D eigenvalue weighted by Gasteiger charge is -2.19. The maximum atomic E-state index is 13.8. The van der Waals surface area contributed by atoms with Crippen LogP contribution < -0.4 is 10.1 Å². The van der Waals surface area contributed by atoms with Crippen LogP contribution in [0.5, 0.6) is 5.75 Å². The van der Waals surface area contributed by atoms with Crippen molar-refractivity contribution in [3.63, 3.8) is 0 Å². The standard InChI is InChI=1S/C14H18FNO2S/c1-18-9-6-7-10(11(15)8-9)14(17)16-12-4-3-5-13(12)19-2/h6-8,12-13H,3-5H2,1-2H3,(H,16,17). The number of halogens is 1. The van der Waals surface area contributed by atoms with E-state index in [2.05, 4.69) is 5.32 Å². The number of hydrogen-bond acceptors (Lipinski definition) is 3. The Labute approximate surface area is 116 Å². The summed E-state index contributed by atoms with van der Waals surface area (Å²) in [5.74, 6) is -0.474. The first-order chi connectivity index (χ1) is 9.15. The van der Waals surface area contributed by atoms with Crippen molar-refractivity contribution in [3.05, 3.63) is 29.6 Å². The van der Waals surface area contributed by atoms with E-state index in [1.807, 2.05) is 6.26 Å². The number of thioether (sulfide) groups is 1. The third-order valence-corrected chi connectivity index (χ3v) is 4.66. The smallest absolute Gasteiger partial charge is 0.254 e.